The second-order valence-corrected chi connectivity index (χ2v) is 14.3. The van der Waals surface area contributed by atoms with Crippen LogP contribution in [0.25, 0.3) is 0 Å². The van der Waals surface area contributed by atoms with E-state index in [0.717, 1.165) is 75.0 Å². The van der Waals surface area contributed by atoms with E-state index in [1.165, 1.54) is 38.2 Å². The highest BCUT2D eigenvalue weighted by Gasteiger charge is 2.45. The third-order valence-electron chi connectivity index (χ3n) is 11.0. The summed E-state index contributed by atoms with van der Waals surface area (Å²) in [5.41, 5.74) is 9.31. The largest absolute Gasteiger partial charge is 0.356 e. The van der Waals surface area contributed by atoms with Crippen molar-refractivity contribution in [2.75, 3.05) is 18.0 Å². The zero-order valence-corrected chi connectivity index (χ0v) is 27.3. The van der Waals surface area contributed by atoms with E-state index in [0.29, 0.717) is 17.4 Å². The molecule has 3 fully saturated rings. The first kappa shape index (κ1) is 32.0. The summed E-state index contributed by atoms with van der Waals surface area (Å²) < 4.78 is 16.4. The van der Waals surface area contributed by atoms with Gasteiger partial charge in [0, 0.05) is 48.8 Å². The van der Waals surface area contributed by atoms with Crippen LogP contribution in [0.15, 0.2) is 55.1 Å². The van der Waals surface area contributed by atoms with Crippen molar-refractivity contribution in [3.05, 3.63) is 77.1 Å². The van der Waals surface area contributed by atoms with E-state index in [1.54, 1.807) is 12.4 Å². The smallest absolute Gasteiger partial charge is 0.245 e. The summed E-state index contributed by atoms with van der Waals surface area (Å²) in [5.74, 6) is 0.536. The molecule has 1 amide bonds. The summed E-state index contributed by atoms with van der Waals surface area (Å²) >= 11 is 6.26. The normalized spacial score (nSPS) is 23.1. The number of rotatable bonds is 9. The Balaban J connectivity index is 1.31. The first-order valence-corrected chi connectivity index (χ1v) is 17.3. The van der Waals surface area contributed by atoms with Crippen LogP contribution in [0.1, 0.15) is 81.8 Å². The summed E-state index contributed by atoms with van der Waals surface area (Å²) in [7, 11) is 0. The molecular formula is C36H48ClFN6O. The number of hydrogen-bond acceptors (Lipinski definition) is 5. The second kappa shape index (κ2) is 14.2. The van der Waals surface area contributed by atoms with Crippen molar-refractivity contribution in [2.45, 2.75) is 109 Å². The van der Waals surface area contributed by atoms with Gasteiger partial charge >= 0.3 is 0 Å². The Hall–Kier alpha value is -2.97. The van der Waals surface area contributed by atoms with Gasteiger partial charge in [0.1, 0.15) is 24.5 Å². The lowest BCUT2D eigenvalue weighted by molar-refractivity contribution is -0.136. The number of carbonyl (C=O) groups excluding carboxylic acids is 1. The van der Waals surface area contributed by atoms with Gasteiger partial charge in [-0.2, -0.15) is 5.10 Å². The molecule has 0 spiro atoms. The van der Waals surface area contributed by atoms with Gasteiger partial charge in [0.05, 0.1) is 0 Å². The number of aromatic nitrogens is 3. The number of likely N-dealkylation sites (tertiary alicyclic amines) is 1. The zero-order chi connectivity index (χ0) is 31.4. The van der Waals surface area contributed by atoms with Crippen LogP contribution >= 0.6 is 11.6 Å². The molecular weight excluding hydrogens is 587 g/mol. The monoisotopic (exact) mass is 634 g/mol. The van der Waals surface area contributed by atoms with Gasteiger partial charge in [-0.3, -0.25) is 9.48 Å². The number of halogens is 2. The quantitative estimate of drug-likeness (QED) is 0.275. The summed E-state index contributed by atoms with van der Waals surface area (Å²) in [4.78, 5) is 23.6. The molecule has 2 aliphatic carbocycles. The first-order valence-electron chi connectivity index (χ1n) is 17.0. The van der Waals surface area contributed by atoms with Gasteiger partial charge < -0.3 is 15.5 Å². The van der Waals surface area contributed by atoms with E-state index in [-0.39, 0.29) is 29.2 Å². The van der Waals surface area contributed by atoms with Crippen LogP contribution in [-0.4, -0.2) is 56.8 Å². The standard InChI is InChI=1S/C36H48ClFN6O/c1-26-21-30(38)11-16-33(26)44(32-14-12-31(39)13-15-32)34(22-27-7-9-29(37)10-8-27)35(45)42-19-17-36(18-20-42,23-43-25-40-24-41-43)28-5-3-2-4-6-28/h7-11,16,21,24-25,28,31-32,34H,2-6,12-15,17-20,22-23,39H2,1H3/t31-,32+,34-/m1/s1. The molecule has 1 atom stereocenters. The van der Waals surface area contributed by atoms with Gasteiger partial charge in [-0.15, -0.1) is 0 Å². The SMILES string of the molecule is Cc1cc(F)ccc1N([C@H]1CC[C@@H](N)CC1)[C@H](Cc1ccc(Cl)cc1)C(=O)N1CCC(Cn2cncn2)(C2CCCCC2)CC1. The van der Waals surface area contributed by atoms with Crippen LogP contribution < -0.4 is 10.6 Å². The average molecular weight is 635 g/mol. The minimum atomic E-state index is -0.424. The van der Waals surface area contributed by atoms with Crippen LogP contribution in [0.2, 0.25) is 5.02 Å². The summed E-state index contributed by atoms with van der Waals surface area (Å²) in [6, 6.07) is 12.7. The molecule has 1 aliphatic heterocycles. The molecule has 45 heavy (non-hydrogen) atoms. The lowest BCUT2D eigenvalue weighted by Gasteiger charge is -2.49. The number of carbonyl (C=O) groups is 1. The van der Waals surface area contributed by atoms with Crippen molar-refractivity contribution in [1.29, 1.82) is 0 Å². The highest BCUT2D eigenvalue weighted by atomic mass is 35.5. The van der Waals surface area contributed by atoms with Crippen molar-refractivity contribution >= 4 is 23.2 Å². The molecule has 2 heterocycles. The molecule has 3 aromatic rings. The van der Waals surface area contributed by atoms with Gasteiger partial charge in [-0.05, 0) is 111 Å². The Kier molecular flexibility index (Phi) is 10.1. The lowest BCUT2D eigenvalue weighted by Crippen LogP contribution is -2.57. The molecule has 0 radical (unpaired) electrons. The molecule has 9 heteroatoms. The number of amides is 1. The fraction of sp³-hybridized carbons (Fsp3) is 0.583. The fourth-order valence-electron chi connectivity index (χ4n) is 8.49. The maximum Gasteiger partial charge on any atom is 0.245 e. The summed E-state index contributed by atoms with van der Waals surface area (Å²) in [6.45, 7) is 4.27. The highest BCUT2D eigenvalue weighted by molar-refractivity contribution is 6.30. The van der Waals surface area contributed by atoms with Crippen molar-refractivity contribution in [3.8, 4) is 0 Å². The third kappa shape index (κ3) is 7.38. The molecule has 2 saturated carbocycles. The van der Waals surface area contributed by atoms with E-state index in [2.05, 4.69) is 19.9 Å². The van der Waals surface area contributed by atoms with Crippen molar-refractivity contribution in [1.82, 2.24) is 19.7 Å². The number of piperidine rings is 1. The minimum Gasteiger partial charge on any atom is -0.356 e. The van der Waals surface area contributed by atoms with Gasteiger partial charge in [0.2, 0.25) is 5.91 Å². The van der Waals surface area contributed by atoms with E-state index >= 15 is 0 Å². The molecule has 0 bridgehead atoms. The van der Waals surface area contributed by atoms with Crippen LogP contribution in [0.5, 0.6) is 0 Å². The van der Waals surface area contributed by atoms with Crippen LogP contribution in [0, 0.1) is 24.1 Å². The number of anilines is 1. The Labute approximate surface area is 272 Å². The topological polar surface area (TPSA) is 80.3 Å². The van der Waals surface area contributed by atoms with Crippen molar-refractivity contribution in [3.63, 3.8) is 0 Å². The maximum absolute atomic E-state index is 14.9. The predicted molar refractivity (Wildman–Crippen MR) is 178 cm³/mol. The first-order chi connectivity index (χ1) is 21.8. The Morgan fingerprint density at radius 2 is 1.76 bits per heavy atom. The van der Waals surface area contributed by atoms with E-state index < -0.39 is 6.04 Å². The molecule has 6 rings (SSSR count). The zero-order valence-electron chi connectivity index (χ0n) is 26.6. The molecule has 0 unspecified atom stereocenters. The number of aryl methyl sites for hydroxylation is 1. The molecule has 1 aromatic heterocycles. The molecule has 242 valence electrons. The van der Waals surface area contributed by atoms with Crippen LogP contribution in [0.4, 0.5) is 10.1 Å². The van der Waals surface area contributed by atoms with Crippen LogP contribution in [-0.2, 0) is 17.8 Å². The lowest BCUT2D eigenvalue weighted by atomic mass is 9.63. The van der Waals surface area contributed by atoms with Gasteiger partial charge in [-0.1, -0.05) is 43.0 Å². The second-order valence-electron chi connectivity index (χ2n) is 13.9. The fourth-order valence-corrected chi connectivity index (χ4v) is 8.61. The van der Waals surface area contributed by atoms with E-state index in [1.807, 2.05) is 48.3 Å². The Bertz CT molecular complexity index is 1390. The third-order valence-corrected chi connectivity index (χ3v) is 11.3. The number of nitrogens with zero attached hydrogens (tertiary/aromatic N) is 5. The number of nitrogens with two attached hydrogens (primary N) is 1. The maximum atomic E-state index is 14.9. The predicted octanol–water partition coefficient (Wildman–Crippen LogP) is 6.96. The van der Waals surface area contributed by atoms with Gasteiger partial charge in [-0.25, -0.2) is 9.37 Å². The van der Waals surface area contributed by atoms with Crippen molar-refractivity contribution in [2.24, 2.45) is 17.1 Å². The molecule has 3 aliphatic rings. The van der Waals surface area contributed by atoms with E-state index in [9.17, 15) is 9.18 Å². The molecule has 7 nitrogen and oxygen atoms in total. The minimum absolute atomic E-state index is 0.114. The van der Waals surface area contributed by atoms with E-state index in [4.69, 9.17) is 17.3 Å². The molecule has 1 saturated heterocycles. The number of hydrogen-bond donors (Lipinski definition) is 1. The van der Waals surface area contributed by atoms with Gasteiger partial charge in [0.25, 0.3) is 0 Å². The van der Waals surface area contributed by atoms with Crippen LogP contribution in [0.3, 0.4) is 0 Å². The highest BCUT2D eigenvalue weighted by Crippen LogP contribution is 2.47. The number of benzene rings is 2. The van der Waals surface area contributed by atoms with Crippen molar-refractivity contribution < 1.29 is 9.18 Å². The average Bonchev–Trinajstić information content (AvgIpc) is 3.57. The molecule has 2 N–H and O–H groups in total. The summed E-state index contributed by atoms with van der Waals surface area (Å²) in [6.07, 6.45) is 16.0. The Morgan fingerprint density at radius 1 is 1.04 bits per heavy atom. The molecule has 2 aromatic carbocycles. The van der Waals surface area contributed by atoms with Gasteiger partial charge in [0.15, 0.2) is 0 Å². The summed E-state index contributed by atoms with van der Waals surface area (Å²) in [5, 5.41) is 5.16. The Morgan fingerprint density at radius 3 is 2.40 bits per heavy atom.